The molecule has 1 atom stereocenters. The molecule has 1 rings (SSSR count). The van der Waals surface area contributed by atoms with Crippen LogP contribution in [0.25, 0.3) is 0 Å². The molecule has 0 bridgehead atoms. The number of hydrogen-bond acceptors (Lipinski definition) is 1. The smallest absolute Gasteiger partial charge is 0.0810 e. The van der Waals surface area contributed by atoms with Gasteiger partial charge in [-0.2, -0.15) is 0 Å². The van der Waals surface area contributed by atoms with E-state index in [-0.39, 0.29) is 0 Å². The van der Waals surface area contributed by atoms with Gasteiger partial charge in [0.2, 0.25) is 0 Å². The molecule has 1 heterocycles. The van der Waals surface area contributed by atoms with Gasteiger partial charge in [-0.25, -0.2) is 0 Å². The Hall–Kier alpha value is -0.0400. The molecule has 0 saturated carbocycles. The third kappa shape index (κ3) is 14.9. The first kappa shape index (κ1) is 20.0. The first-order valence-corrected chi connectivity index (χ1v) is 10.5. The summed E-state index contributed by atoms with van der Waals surface area (Å²) in [4.78, 5) is 0. The van der Waals surface area contributed by atoms with Gasteiger partial charge in [-0.15, -0.1) is 0 Å². The van der Waals surface area contributed by atoms with Crippen LogP contribution in [-0.4, -0.2) is 12.7 Å². The number of rotatable bonds is 18. The second kappa shape index (κ2) is 15.8. The molecule has 22 heavy (non-hydrogen) atoms. The van der Waals surface area contributed by atoms with Gasteiger partial charge in [0.15, 0.2) is 0 Å². The Labute approximate surface area is 140 Å². The zero-order chi connectivity index (χ0) is 15.7. The first-order valence-electron chi connectivity index (χ1n) is 10.5. The summed E-state index contributed by atoms with van der Waals surface area (Å²) >= 11 is 0. The molecule has 1 unspecified atom stereocenters. The van der Waals surface area contributed by atoms with Crippen molar-refractivity contribution in [2.24, 2.45) is 0 Å². The normalized spacial score (nSPS) is 17.0. The van der Waals surface area contributed by atoms with Crippen LogP contribution in [0.3, 0.4) is 0 Å². The second-order valence-electron chi connectivity index (χ2n) is 7.40. The molecule has 0 amide bonds. The van der Waals surface area contributed by atoms with E-state index >= 15 is 0 Å². The molecular weight excluding hydrogens is 268 g/mol. The fourth-order valence-electron chi connectivity index (χ4n) is 3.33. The molecule has 0 aromatic carbocycles. The van der Waals surface area contributed by atoms with E-state index in [1.807, 2.05) is 0 Å². The van der Waals surface area contributed by atoms with E-state index in [0.29, 0.717) is 6.10 Å². The van der Waals surface area contributed by atoms with Crippen molar-refractivity contribution in [2.45, 2.75) is 129 Å². The fraction of sp³-hybridized carbons (Fsp3) is 1.00. The SMILES string of the molecule is CCCCCCCCCCCCCCCCCCCC1CO1. The number of unbranched alkanes of at least 4 members (excludes halogenated alkanes) is 16. The van der Waals surface area contributed by atoms with Crippen molar-refractivity contribution in [3.05, 3.63) is 0 Å². The van der Waals surface area contributed by atoms with Crippen LogP contribution in [0.5, 0.6) is 0 Å². The minimum absolute atomic E-state index is 0.649. The van der Waals surface area contributed by atoms with Gasteiger partial charge in [0.1, 0.15) is 0 Å². The van der Waals surface area contributed by atoms with E-state index in [9.17, 15) is 0 Å². The topological polar surface area (TPSA) is 12.5 Å². The predicted octanol–water partition coefficient (Wildman–Crippen LogP) is 7.43. The molecule has 132 valence electrons. The van der Waals surface area contributed by atoms with Gasteiger partial charge in [0.25, 0.3) is 0 Å². The monoisotopic (exact) mass is 310 g/mol. The average Bonchev–Trinajstić information content (AvgIpc) is 3.34. The van der Waals surface area contributed by atoms with Crippen molar-refractivity contribution in [1.82, 2.24) is 0 Å². The lowest BCUT2D eigenvalue weighted by Gasteiger charge is -2.03. The molecule has 0 radical (unpaired) electrons. The summed E-state index contributed by atoms with van der Waals surface area (Å²) in [5, 5.41) is 0. The first-order chi connectivity index (χ1) is 10.9. The summed E-state index contributed by atoms with van der Waals surface area (Å²) in [5.74, 6) is 0. The predicted molar refractivity (Wildman–Crippen MR) is 98.5 cm³/mol. The Bertz CT molecular complexity index is 210. The van der Waals surface area contributed by atoms with Gasteiger partial charge >= 0.3 is 0 Å². The molecule has 0 spiro atoms. The van der Waals surface area contributed by atoms with E-state index in [4.69, 9.17) is 4.74 Å². The van der Waals surface area contributed by atoms with Crippen LogP contribution in [0.15, 0.2) is 0 Å². The van der Waals surface area contributed by atoms with Crippen LogP contribution in [0.1, 0.15) is 122 Å². The average molecular weight is 311 g/mol. The lowest BCUT2D eigenvalue weighted by Crippen LogP contribution is -1.86. The van der Waals surface area contributed by atoms with Gasteiger partial charge in [-0.05, 0) is 6.42 Å². The summed E-state index contributed by atoms with van der Waals surface area (Å²) in [6.45, 7) is 3.34. The molecule has 1 fully saturated rings. The van der Waals surface area contributed by atoms with Gasteiger partial charge in [-0.3, -0.25) is 0 Å². The zero-order valence-corrected chi connectivity index (χ0v) is 15.4. The highest BCUT2D eigenvalue weighted by Gasteiger charge is 2.20. The van der Waals surface area contributed by atoms with E-state index < -0.39 is 0 Å². The molecule has 1 nitrogen and oxygen atoms in total. The minimum atomic E-state index is 0.649. The second-order valence-corrected chi connectivity index (χ2v) is 7.40. The Morgan fingerprint density at radius 1 is 0.545 bits per heavy atom. The molecule has 0 aromatic heterocycles. The minimum Gasteiger partial charge on any atom is -0.373 e. The summed E-state index contributed by atoms with van der Waals surface area (Å²) in [5.41, 5.74) is 0. The molecule has 1 saturated heterocycles. The van der Waals surface area contributed by atoms with E-state index in [0.717, 1.165) is 6.61 Å². The van der Waals surface area contributed by atoms with Crippen molar-refractivity contribution < 1.29 is 4.74 Å². The number of epoxide rings is 1. The summed E-state index contributed by atoms with van der Waals surface area (Å²) in [7, 11) is 0. The largest absolute Gasteiger partial charge is 0.373 e. The molecular formula is C21H42O. The number of ether oxygens (including phenoxy) is 1. The van der Waals surface area contributed by atoms with Gasteiger partial charge in [0, 0.05) is 0 Å². The van der Waals surface area contributed by atoms with Crippen molar-refractivity contribution >= 4 is 0 Å². The van der Waals surface area contributed by atoms with Gasteiger partial charge < -0.3 is 4.74 Å². The maximum Gasteiger partial charge on any atom is 0.0810 e. The van der Waals surface area contributed by atoms with Crippen LogP contribution in [0, 0.1) is 0 Å². The van der Waals surface area contributed by atoms with Crippen molar-refractivity contribution in [1.29, 1.82) is 0 Å². The van der Waals surface area contributed by atoms with Crippen molar-refractivity contribution in [2.75, 3.05) is 6.61 Å². The van der Waals surface area contributed by atoms with Crippen LogP contribution in [0.4, 0.5) is 0 Å². The third-order valence-electron chi connectivity index (χ3n) is 5.03. The lowest BCUT2D eigenvalue weighted by molar-refractivity contribution is 0.387. The highest BCUT2D eigenvalue weighted by atomic mass is 16.6. The lowest BCUT2D eigenvalue weighted by atomic mass is 10.0. The summed E-state index contributed by atoms with van der Waals surface area (Å²) in [6.07, 6.45) is 26.8. The van der Waals surface area contributed by atoms with E-state index in [1.54, 1.807) is 0 Å². The Balaban J connectivity index is 1.59. The molecule has 1 aliphatic heterocycles. The van der Waals surface area contributed by atoms with Crippen LogP contribution >= 0.6 is 0 Å². The Kier molecular flexibility index (Phi) is 14.4. The summed E-state index contributed by atoms with van der Waals surface area (Å²) < 4.78 is 5.24. The van der Waals surface area contributed by atoms with Crippen molar-refractivity contribution in [3.63, 3.8) is 0 Å². The maximum atomic E-state index is 5.24. The summed E-state index contributed by atoms with van der Waals surface area (Å²) in [6, 6.07) is 0. The standard InChI is InChI=1S/C21H42O/c1-2-3-4-5-6-7-8-9-10-11-12-13-14-15-16-17-18-19-21-20-22-21/h21H,2-20H2,1H3. The fourth-order valence-corrected chi connectivity index (χ4v) is 3.33. The van der Waals surface area contributed by atoms with E-state index in [1.165, 1.54) is 116 Å². The molecule has 0 aliphatic carbocycles. The third-order valence-corrected chi connectivity index (χ3v) is 5.03. The molecule has 1 heteroatoms. The highest BCUT2D eigenvalue weighted by Crippen LogP contribution is 2.18. The maximum absolute atomic E-state index is 5.24. The van der Waals surface area contributed by atoms with E-state index in [2.05, 4.69) is 6.92 Å². The quantitative estimate of drug-likeness (QED) is 0.189. The molecule has 0 aromatic rings. The van der Waals surface area contributed by atoms with Gasteiger partial charge in [-0.1, -0.05) is 116 Å². The highest BCUT2D eigenvalue weighted by molar-refractivity contribution is 4.68. The van der Waals surface area contributed by atoms with Gasteiger partial charge in [0.05, 0.1) is 12.7 Å². The Morgan fingerprint density at radius 2 is 0.864 bits per heavy atom. The van der Waals surface area contributed by atoms with Crippen LogP contribution < -0.4 is 0 Å². The number of hydrogen-bond donors (Lipinski definition) is 0. The van der Waals surface area contributed by atoms with Crippen LogP contribution in [0.2, 0.25) is 0 Å². The molecule has 0 N–H and O–H groups in total. The Morgan fingerprint density at radius 3 is 1.18 bits per heavy atom. The molecule has 1 aliphatic rings. The zero-order valence-electron chi connectivity index (χ0n) is 15.4. The van der Waals surface area contributed by atoms with Crippen LogP contribution in [-0.2, 0) is 4.74 Å². The van der Waals surface area contributed by atoms with Crippen molar-refractivity contribution in [3.8, 4) is 0 Å².